The summed E-state index contributed by atoms with van der Waals surface area (Å²) in [5.74, 6) is 5.23. The van der Waals surface area contributed by atoms with Gasteiger partial charge < -0.3 is 10.6 Å². The first-order valence-electron chi connectivity index (χ1n) is 12.6. The minimum absolute atomic E-state index is 0.0295. The Labute approximate surface area is 237 Å². The fourth-order valence-corrected chi connectivity index (χ4v) is 5.04. The highest BCUT2D eigenvalue weighted by Crippen LogP contribution is 2.31. The number of nitrogens with one attached hydrogen (secondary N) is 1. The van der Waals surface area contributed by atoms with Crippen molar-refractivity contribution in [1.29, 1.82) is 0 Å². The van der Waals surface area contributed by atoms with E-state index in [0.717, 1.165) is 6.26 Å². The molecular formula is C27H29ClFN7O3S. The van der Waals surface area contributed by atoms with E-state index in [-0.39, 0.29) is 17.1 Å². The predicted molar refractivity (Wildman–Crippen MR) is 152 cm³/mol. The van der Waals surface area contributed by atoms with E-state index in [1.54, 1.807) is 23.2 Å². The number of pyridine rings is 1. The van der Waals surface area contributed by atoms with Crippen LogP contribution in [0.25, 0.3) is 11.3 Å². The molecule has 210 valence electrons. The lowest BCUT2D eigenvalue weighted by Gasteiger charge is -2.35. The Balaban J connectivity index is 1.55. The second-order valence-electron chi connectivity index (χ2n) is 9.23. The van der Waals surface area contributed by atoms with Gasteiger partial charge in [0.25, 0.3) is 5.91 Å². The molecule has 0 bridgehead atoms. The largest absolute Gasteiger partial charge is 0.384 e. The zero-order chi connectivity index (χ0) is 28.9. The van der Waals surface area contributed by atoms with Gasteiger partial charge in [-0.05, 0) is 30.7 Å². The Bertz CT molecular complexity index is 1540. The molecule has 4 rings (SSSR count). The predicted octanol–water partition coefficient (Wildman–Crippen LogP) is 2.18. The number of benzene rings is 1. The van der Waals surface area contributed by atoms with Gasteiger partial charge in [-0.15, -0.1) is 0 Å². The van der Waals surface area contributed by atoms with Crippen LogP contribution in [0.3, 0.4) is 0 Å². The number of halogens is 2. The average molecular weight is 586 g/mol. The number of sulfonamides is 1. The lowest BCUT2D eigenvalue weighted by atomic mass is 10.0. The number of amides is 1. The second kappa shape index (κ2) is 12.7. The van der Waals surface area contributed by atoms with Gasteiger partial charge in [-0.2, -0.15) is 0 Å². The number of carbonyl (C=O) groups is 1. The maximum Gasteiger partial charge on any atom is 0.258 e. The first-order chi connectivity index (χ1) is 19.1. The number of hydrogen-bond acceptors (Lipinski definition) is 8. The van der Waals surface area contributed by atoms with Gasteiger partial charge in [0.2, 0.25) is 10.0 Å². The molecule has 0 atom stereocenters. The number of anilines is 1. The van der Waals surface area contributed by atoms with Crippen LogP contribution >= 0.6 is 11.6 Å². The normalized spacial score (nSPS) is 14.1. The van der Waals surface area contributed by atoms with Crippen molar-refractivity contribution in [3.8, 4) is 23.1 Å². The summed E-state index contributed by atoms with van der Waals surface area (Å²) in [6.45, 7) is 4.50. The first kappa shape index (κ1) is 29.4. The molecule has 1 saturated heterocycles. The number of hydrogen-bond donors (Lipinski definition) is 2. The number of nitrogen functional groups attached to an aromatic ring is 1. The van der Waals surface area contributed by atoms with E-state index in [1.165, 1.54) is 18.5 Å². The summed E-state index contributed by atoms with van der Waals surface area (Å²) in [5.41, 5.74) is 8.07. The van der Waals surface area contributed by atoms with E-state index in [1.807, 2.05) is 11.8 Å². The third-order valence-corrected chi connectivity index (χ3v) is 7.39. The highest BCUT2D eigenvalue weighted by Gasteiger charge is 2.27. The van der Waals surface area contributed by atoms with Crippen molar-refractivity contribution in [2.75, 3.05) is 51.3 Å². The molecule has 1 amide bonds. The molecule has 0 radical (unpaired) electrons. The van der Waals surface area contributed by atoms with E-state index < -0.39 is 21.7 Å². The van der Waals surface area contributed by atoms with Gasteiger partial charge in [0, 0.05) is 56.6 Å². The van der Waals surface area contributed by atoms with E-state index in [2.05, 4.69) is 31.5 Å². The topological polar surface area (TPSA) is 134 Å². The number of piperazine rings is 1. The van der Waals surface area contributed by atoms with Crippen molar-refractivity contribution in [3.63, 3.8) is 0 Å². The van der Waals surface area contributed by atoms with Crippen LogP contribution in [-0.4, -0.2) is 84.6 Å². The summed E-state index contributed by atoms with van der Waals surface area (Å²) < 4.78 is 40.4. The highest BCUT2D eigenvalue weighted by atomic mass is 35.5. The first-order valence-corrected chi connectivity index (χ1v) is 14.9. The Kier molecular flexibility index (Phi) is 9.32. The second-order valence-corrected chi connectivity index (χ2v) is 11.5. The molecule has 0 spiro atoms. The minimum atomic E-state index is -3.26. The van der Waals surface area contributed by atoms with Gasteiger partial charge in [0.15, 0.2) is 0 Å². The SMILES string of the molecule is CCc1ncnc(-c2cc(F)c(C(=O)N3CCN(CCNS(C)(=O)=O)CC3)c(Cl)c2)c1C#Cc1ccc(N)nc1. The fraction of sp³-hybridized carbons (Fsp3) is 0.333. The molecule has 0 aliphatic carbocycles. The Hall–Kier alpha value is -3.63. The number of nitrogens with two attached hydrogens (primary N) is 1. The van der Waals surface area contributed by atoms with Crippen molar-refractivity contribution < 1.29 is 17.6 Å². The quantitative estimate of drug-likeness (QED) is 0.403. The average Bonchev–Trinajstić information content (AvgIpc) is 2.91. The molecule has 1 aliphatic rings. The molecule has 2 aromatic heterocycles. The van der Waals surface area contributed by atoms with E-state index in [4.69, 9.17) is 17.3 Å². The monoisotopic (exact) mass is 585 g/mol. The molecule has 13 heteroatoms. The molecule has 3 aromatic rings. The van der Waals surface area contributed by atoms with Crippen LogP contribution < -0.4 is 10.5 Å². The minimum Gasteiger partial charge on any atom is -0.384 e. The van der Waals surface area contributed by atoms with Crippen molar-refractivity contribution in [2.45, 2.75) is 13.3 Å². The van der Waals surface area contributed by atoms with Crippen LogP contribution in [0.4, 0.5) is 10.2 Å². The van der Waals surface area contributed by atoms with Crippen LogP contribution in [-0.2, 0) is 16.4 Å². The van der Waals surface area contributed by atoms with Gasteiger partial charge in [-0.25, -0.2) is 32.5 Å². The van der Waals surface area contributed by atoms with Crippen LogP contribution in [0.2, 0.25) is 5.02 Å². The summed E-state index contributed by atoms with van der Waals surface area (Å²) in [7, 11) is -3.26. The van der Waals surface area contributed by atoms with Crippen molar-refractivity contribution in [2.24, 2.45) is 0 Å². The third-order valence-electron chi connectivity index (χ3n) is 6.36. The summed E-state index contributed by atoms with van der Waals surface area (Å²) in [6.07, 6.45) is 4.62. The number of aromatic nitrogens is 3. The number of nitrogens with zero attached hydrogens (tertiary/aromatic N) is 5. The lowest BCUT2D eigenvalue weighted by Crippen LogP contribution is -2.50. The molecule has 40 heavy (non-hydrogen) atoms. The Morgan fingerprint density at radius 1 is 1.15 bits per heavy atom. The summed E-state index contributed by atoms with van der Waals surface area (Å²) >= 11 is 6.49. The maximum absolute atomic E-state index is 15.5. The van der Waals surface area contributed by atoms with Crippen LogP contribution in [0.15, 0.2) is 36.8 Å². The van der Waals surface area contributed by atoms with Gasteiger partial charge in [-0.1, -0.05) is 30.4 Å². The summed E-state index contributed by atoms with van der Waals surface area (Å²) in [6, 6.07) is 6.15. The van der Waals surface area contributed by atoms with Crippen LogP contribution in [0, 0.1) is 17.7 Å². The Morgan fingerprint density at radius 2 is 1.90 bits per heavy atom. The molecule has 0 saturated carbocycles. The molecule has 1 aromatic carbocycles. The molecule has 1 aliphatic heterocycles. The van der Waals surface area contributed by atoms with E-state index in [0.29, 0.717) is 73.0 Å². The fourth-order valence-electron chi connectivity index (χ4n) is 4.29. The van der Waals surface area contributed by atoms with Gasteiger partial charge in [0.05, 0.1) is 33.8 Å². The lowest BCUT2D eigenvalue weighted by molar-refractivity contribution is 0.0636. The Morgan fingerprint density at radius 3 is 2.52 bits per heavy atom. The number of aryl methyl sites for hydroxylation is 1. The third kappa shape index (κ3) is 7.31. The zero-order valence-electron chi connectivity index (χ0n) is 22.1. The molecular weight excluding hydrogens is 557 g/mol. The summed E-state index contributed by atoms with van der Waals surface area (Å²) in [4.78, 5) is 29.5. The highest BCUT2D eigenvalue weighted by molar-refractivity contribution is 7.88. The summed E-state index contributed by atoms with van der Waals surface area (Å²) in [5, 5.41) is -0.0295. The number of rotatable bonds is 7. The van der Waals surface area contributed by atoms with Gasteiger partial charge >= 0.3 is 0 Å². The maximum atomic E-state index is 15.5. The van der Waals surface area contributed by atoms with Crippen LogP contribution in [0.1, 0.15) is 34.1 Å². The standard InChI is InChI=1S/C27H29ClFN7O3S/c1-3-23-20(6-4-18-5-7-24(30)31-16-18)26(33-17-32-23)19-14-21(28)25(22(29)15-19)27(37)36-12-10-35(11-13-36)9-8-34-40(2,38)39/h5,7,14-17,34H,3,8-13H2,1-2H3,(H2,30,31). The van der Waals surface area contributed by atoms with Gasteiger partial charge in [0.1, 0.15) is 18.0 Å². The van der Waals surface area contributed by atoms with E-state index in [9.17, 15) is 13.2 Å². The molecule has 3 heterocycles. The molecule has 10 nitrogen and oxygen atoms in total. The van der Waals surface area contributed by atoms with Crippen molar-refractivity contribution >= 4 is 33.3 Å². The number of carbonyl (C=O) groups excluding carboxylic acids is 1. The molecule has 0 unspecified atom stereocenters. The van der Waals surface area contributed by atoms with E-state index >= 15 is 4.39 Å². The molecule has 1 fully saturated rings. The molecule has 3 N–H and O–H groups in total. The van der Waals surface area contributed by atoms with Gasteiger partial charge in [-0.3, -0.25) is 9.69 Å². The van der Waals surface area contributed by atoms with Crippen molar-refractivity contribution in [1.82, 2.24) is 29.5 Å². The van der Waals surface area contributed by atoms with Crippen molar-refractivity contribution in [3.05, 3.63) is 70.0 Å². The smallest absolute Gasteiger partial charge is 0.258 e. The zero-order valence-corrected chi connectivity index (χ0v) is 23.7. The van der Waals surface area contributed by atoms with Crippen LogP contribution in [0.5, 0.6) is 0 Å².